The Labute approximate surface area is 110 Å². The first-order valence-electron chi connectivity index (χ1n) is 5.38. The summed E-state index contributed by atoms with van der Waals surface area (Å²) in [6.45, 7) is 0. The highest BCUT2D eigenvalue weighted by atomic mass is 32.1. The molecule has 0 heterocycles. The Morgan fingerprint density at radius 2 is 1.39 bits per heavy atom. The van der Waals surface area contributed by atoms with Crippen LogP contribution in [0.1, 0.15) is 11.7 Å². The maximum Gasteiger partial charge on any atom is 0.337 e. The van der Waals surface area contributed by atoms with E-state index in [1.54, 1.807) is 24.3 Å². The van der Waals surface area contributed by atoms with E-state index in [4.69, 9.17) is 5.11 Å². The number of hydrogen-bond donors (Lipinski definition) is 3. The highest BCUT2D eigenvalue weighted by Gasteiger charge is 2.15. The third-order valence-electron chi connectivity index (χ3n) is 2.66. The minimum atomic E-state index is -1.47. The molecule has 0 aliphatic rings. The normalized spacial score (nSPS) is 12.1. The predicted octanol–water partition coefficient (Wildman–Crippen LogP) is 2.76. The zero-order valence-electron chi connectivity index (χ0n) is 9.45. The summed E-state index contributed by atoms with van der Waals surface area (Å²) in [5, 5.41) is 18.1. The SMILES string of the molecule is O=C(O)C(O)c1ccc(-c2ccc(S)cc2)cc1. The molecule has 0 amide bonds. The van der Waals surface area contributed by atoms with E-state index >= 15 is 0 Å². The minimum absolute atomic E-state index is 0.372. The molecule has 0 bridgehead atoms. The molecular formula is C14H12O3S. The molecule has 0 aromatic heterocycles. The molecule has 18 heavy (non-hydrogen) atoms. The van der Waals surface area contributed by atoms with Gasteiger partial charge in [0.25, 0.3) is 0 Å². The van der Waals surface area contributed by atoms with Crippen molar-refractivity contribution in [2.75, 3.05) is 0 Å². The third kappa shape index (κ3) is 2.72. The molecule has 1 unspecified atom stereocenters. The van der Waals surface area contributed by atoms with Crippen LogP contribution in [-0.4, -0.2) is 16.2 Å². The highest BCUT2D eigenvalue weighted by molar-refractivity contribution is 7.80. The minimum Gasteiger partial charge on any atom is -0.479 e. The van der Waals surface area contributed by atoms with E-state index < -0.39 is 12.1 Å². The van der Waals surface area contributed by atoms with E-state index in [0.29, 0.717) is 5.56 Å². The van der Waals surface area contributed by atoms with Crippen molar-refractivity contribution >= 4 is 18.6 Å². The quantitative estimate of drug-likeness (QED) is 0.744. The number of aliphatic hydroxyl groups excluding tert-OH is 1. The Bertz CT molecular complexity index is 546. The number of carboxylic acids is 1. The maximum absolute atomic E-state index is 10.6. The summed E-state index contributed by atoms with van der Waals surface area (Å²) in [7, 11) is 0. The van der Waals surface area contributed by atoms with Gasteiger partial charge in [0.15, 0.2) is 6.10 Å². The zero-order valence-corrected chi connectivity index (χ0v) is 10.3. The van der Waals surface area contributed by atoms with Crippen molar-refractivity contribution in [2.24, 2.45) is 0 Å². The number of thiol groups is 1. The van der Waals surface area contributed by atoms with Crippen LogP contribution in [0, 0.1) is 0 Å². The first-order valence-corrected chi connectivity index (χ1v) is 5.83. The van der Waals surface area contributed by atoms with Crippen LogP contribution < -0.4 is 0 Å². The molecule has 0 aliphatic carbocycles. The van der Waals surface area contributed by atoms with Crippen molar-refractivity contribution in [3.05, 3.63) is 54.1 Å². The van der Waals surface area contributed by atoms with Crippen LogP contribution in [0.25, 0.3) is 11.1 Å². The van der Waals surface area contributed by atoms with E-state index in [9.17, 15) is 9.90 Å². The lowest BCUT2D eigenvalue weighted by Crippen LogP contribution is -2.09. The first kappa shape index (κ1) is 12.7. The molecule has 1 atom stereocenters. The zero-order chi connectivity index (χ0) is 13.1. The second-order valence-electron chi connectivity index (χ2n) is 3.91. The predicted molar refractivity (Wildman–Crippen MR) is 71.7 cm³/mol. The number of rotatable bonds is 3. The molecule has 0 saturated carbocycles. The molecule has 2 aromatic carbocycles. The van der Waals surface area contributed by atoms with Crippen LogP contribution in [0.3, 0.4) is 0 Å². The Hall–Kier alpha value is -1.78. The van der Waals surface area contributed by atoms with Gasteiger partial charge in [-0.15, -0.1) is 12.6 Å². The second-order valence-corrected chi connectivity index (χ2v) is 4.43. The summed E-state index contributed by atoms with van der Waals surface area (Å²) in [5.41, 5.74) is 2.35. The number of aliphatic carboxylic acids is 1. The van der Waals surface area contributed by atoms with Gasteiger partial charge in [0.2, 0.25) is 0 Å². The first-order chi connectivity index (χ1) is 8.58. The van der Waals surface area contributed by atoms with E-state index in [-0.39, 0.29) is 0 Å². The summed E-state index contributed by atoms with van der Waals surface area (Å²) in [4.78, 5) is 11.5. The molecule has 0 aliphatic heterocycles. The number of aliphatic hydroxyl groups is 1. The average Bonchev–Trinajstić information content (AvgIpc) is 2.39. The fourth-order valence-electron chi connectivity index (χ4n) is 1.65. The van der Waals surface area contributed by atoms with Crippen molar-refractivity contribution in [1.29, 1.82) is 0 Å². The number of benzene rings is 2. The summed E-state index contributed by atoms with van der Waals surface area (Å²) in [6.07, 6.45) is -1.47. The standard InChI is InChI=1S/C14H12O3S/c15-13(14(16)17)11-3-1-9(2-4-11)10-5-7-12(18)8-6-10/h1-8,13,15,18H,(H,16,17). The summed E-state index contributed by atoms with van der Waals surface area (Å²) in [6, 6.07) is 14.4. The Morgan fingerprint density at radius 3 is 1.83 bits per heavy atom. The Kier molecular flexibility index (Phi) is 3.69. The van der Waals surface area contributed by atoms with Gasteiger partial charge in [0.1, 0.15) is 0 Å². The molecule has 4 heteroatoms. The fraction of sp³-hybridized carbons (Fsp3) is 0.0714. The lowest BCUT2D eigenvalue weighted by Gasteiger charge is -2.07. The summed E-state index contributed by atoms with van der Waals surface area (Å²) in [5.74, 6) is -1.25. The molecule has 2 rings (SSSR count). The largest absolute Gasteiger partial charge is 0.479 e. The molecule has 0 fully saturated rings. The van der Waals surface area contributed by atoms with Crippen LogP contribution in [0.15, 0.2) is 53.4 Å². The molecule has 92 valence electrons. The molecular weight excluding hydrogens is 248 g/mol. The van der Waals surface area contributed by atoms with Crippen molar-refractivity contribution in [2.45, 2.75) is 11.0 Å². The third-order valence-corrected chi connectivity index (χ3v) is 2.96. The van der Waals surface area contributed by atoms with Crippen molar-refractivity contribution in [3.8, 4) is 11.1 Å². The van der Waals surface area contributed by atoms with Crippen molar-refractivity contribution in [3.63, 3.8) is 0 Å². The van der Waals surface area contributed by atoms with Gasteiger partial charge >= 0.3 is 5.97 Å². The summed E-state index contributed by atoms with van der Waals surface area (Å²) >= 11 is 4.21. The monoisotopic (exact) mass is 260 g/mol. The number of carbonyl (C=O) groups is 1. The van der Waals surface area contributed by atoms with Gasteiger partial charge in [0.05, 0.1) is 0 Å². The summed E-state index contributed by atoms with van der Waals surface area (Å²) < 4.78 is 0. The Morgan fingerprint density at radius 1 is 0.944 bits per heavy atom. The van der Waals surface area contributed by atoms with Crippen LogP contribution in [0.2, 0.25) is 0 Å². The van der Waals surface area contributed by atoms with Crippen LogP contribution >= 0.6 is 12.6 Å². The second kappa shape index (κ2) is 5.25. The van der Waals surface area contributed by atoms with Crippen LogP contribution in [-0.2, 0) is 4.79 Å². The van der Waals surface area contributed by atoms with E-state index in [1.807, 2.05) is 24.3 Å². The van der Waals surface area contributed by atoms with Crippen molar-refractivity contribution < 1.29 is 15.0 Å². The van der Waals surface area contributed by atoms with Gasteiger partial charge in [0, 0.05) is 4.90 Å². The smallest absolute Gasteiger partial charge is 0.337 e. The molecule has 0 spiro atoms. The van der Waals surface area contributed by atoms with E-state index in [0.717, 1.165) is 16.0 Å². The maximum atomic E-state index is 10.6. The van der Waals surface area contributed by atoms with Gasteiger partial charge in [-0.05, 0) is 28.8 Å². The lowest BCUT2D eigenvalue weighted by molar-refractivity contribution is -0.146. The highest BCUT2D eigenvalue weighted by Crippen LogP contribution is 2.23. The van der Waals surface area contributed by atoms with E-state index in [1.165, 1.54) is 0 Å². The Balaban J connectivity index is 2.27. The van der Waals surface area contributed by atoms with Gasteiger partial charge in [-0.3, -0.25) is 0 Å². The molecule has 2 aromatic rings. The van der Waals surface area contributed by atoms with Gasteiger partial charge < -0.3 is 10.2 Å². The van der Waals surface area contributed by atoms with Gasteiger partial charge in [-0.25, -0.2) is 4.79 Å². The average molecular weight is 260 g/mol. The van der Waals surface area contributed by atoms with Crippen LogP contribution in [0.5, 0.6) is 0 Å². The molecule has 2 N–H and O–H groups in total. The number of hydrogen-bond acceptors (Lipinski definition) is 3. The van der Waals surface area contributed by atoms with Crippen molar-refractivity contribution in [1.82, 2.24) is 0 Å². The van der Waals surface area contributed by atoms with E-state index in [2.05, 4.69) is 12.6 Å². The number of carboxylic acid groups (broad SMARTS) is 1. The fourth-order valence-corrected chi connectivity index (χ4v) is 1.80. The topological polar surface area (TPSA) is 57.5 Å². The van der Waals surface area contributed by atoms with Gasteiger partial charge in [-0.1, -0.05) is 36.4 Å². The van der Waals surface area contributed by atoms with Gasteiger partial charge in [-0.2, -0.15) is 0 Å². The molecule has 0 saturated heterocycles. The van der Waals surface area contributed by atoms with Crippen LogP contribution in [0.4, 0.5) is 0 Å². The molecule has 3 nitrogen and oxygen atoms in total. The lowest BCUT2D eigenvalue weighted by atomic mass is 10.0. The molecule has 0 radical (unpaired) electrons.